The average molecular weight is 389 g/mol. The fraction of sp³-hybridized carbons (Fsp3) is 0.500. The maximum Gasteiger partial charge on any atom is 0.229 e. The van der Waals surface area contributed by atoms with E-state index in [1.165, 1.54) is 0 Å². The molecule has 1 unspecified atom stereocenters. The molecule has 1 aromatic heterocycles. The molecule has 3 atom stereocenters. The first-order valence-electron chi connectivity index (χ1n) is 9.67. The van der Waals surface area contributed by atoms with E-state index in [2.05, 4.69) is 20.2 Å². The number of hydrogen-bond acceptors (Lipinski definition) is 6. The maximum absolute atomic E-state index is 13.5. The summed E-state index contributed by atoms with van der Waals surface area (Å²) in [6.45, 7) is 3.44. The number of β-amino-alcohol motifs (C(OH)–C–C–N with tert-alkyl or cyclic N) is 1. The molecule has 0 radical (unpaired) electrons. The van der Waals surface area contributed by atoms with Crippen molar-refractivity contribution in [3.63, 3.8) is 0 Å². The summed E-state index contributed by atoms with van der Waals surface area (Å²) in [5.74, 6) is 0.922. The topological polar surface area (TPSA) is 64.5 Å². The number of aliphatic hydroxyl groups excluding tert-OH is 1. The van der Waals surface area contributed by atoms with Gasteiger partial charge in [0.05, 0.1) is 19.2 Å². The van der Waals surface area contributed by atoms with Gasteiger partial charge in [-0.05, 0) is 44.0 Å². The third kappa shape index (κ3) is 4.16. The van der Waals surface area contributed by atoms with Crippen molar-refractivity contribution in [1.82, 2.24) is 9.97 Å². The molecule has 6 nitrogen and oxygen atoms in total. The van der Waals surface area contributed by atoms with E-state index in [9.17, 15) is 13.9 Å². The number of alkyl halides is 2. The standard InChI is InChI=1S/C20H25F2N5O/c1-13-9-19(27-11-17(21)18(22)12-27)25-20(23-13)24-14-4-6-15(7-5-14)26-8-2-3-16(28)10-26/h4-7,9,16-18,28H,2-3,8,10-12H2,1H3,(H,23,24,25)/t16?,17-,18-/m0/s1. The summed E-state index contributed by atoms with van der Waals surface area (Å²) >= 11 is 0. The highest BCUT2D eigenvalue weighted by molar-refractivity contribution is 5.60. The lowest BCUT2D eigenvalue weighted by Crippen LogP contribution is -2.38. The van der Waals surface area contributed by atoms with E-state index in [1.54, 1.807) is 11.0 Å². The van der Waals surface area contributed by atoms with E-state index in [0.717, 1.165) is 36.5 Å². The molecule has 0 bridgehead atoms. The normalized spacial score (nSPS) is 25.2. The van der Waals surface area contributed by atoms with Crippen LogP contribution in [0.4, 0.5) is 31.9 Å². The Bertz CT molecular complexity index is 809. The highest BCUT2D eigenvalue weighted by atomic mass is 19.2. The lowest BCUT2D eigenvalue weighted by atomic mass is 10.1. The number of anilines is 4. The Morgan fingerprint density at radius 1 is 1.04 bits per heavy atom. The average Bonchev–Trinajstić information content (AvgIpc) is 3.01. The van der Waals surface area contributed by atoms with Gasteiger partial charge in [-0.2, -0.15) is 4.98 Å². The molecule has 0 aliphatic carbocycles. The molecule has 3 heterocycles. The van der Waals surface area contributed by atoms with Crippen LogP contribution in [0.1, 0.15) is 18.5 Å². The molecule has 2 aliphatic rings. The Morgan fingerprint density at radius 2 is 1.75 bits per heavy atom. The van der Waals surface area contributed by atoms with Gasteiger partial charge in [0.2, 0.25) is 5.95 Å². The number of aliphatic hydroxyl groups is 1. The Labute approximate surface area is 163 Å². The summed E-state index contributed by atoms with van der Waals surface area (Å²) in [7, 11) is 0. The highest BCUT2D eigenvalue weighted by Gasteiger charge is 2.33. The number of aryl methyl sites for hydroxylation is 1. The molecule has 2 aliphatic heterocycles. The molecule has 2 saturated heterocycles. The van der Waals surface area contributed by atoms with Crippen molar-refractivity contribution >= 4 is 23.1 Å². The smallest absolute Gasteiger partial charge is 0.229 e. The van der Waals surface area contributed by atoms with Crippen LogP contribution in [0.5, 0.6) is 0 Å². The Kier molecular flexibility index (Phi) is 5.30. The summed E-state index contributed by atoms with van der Waals surface area (Å²) in [5, 5.41) is 13.0. The van der Waals surface area contributed by atoms with Crippen molar-refractivity contribution < 1.29 is 13.9 Å². The van der Waals surface area contributed by atoms with Gasteiger partial charge in [-0.25, -0.2) is 13.8 Å². The minimum atomic E-state index is -1.48. The molecular formula is C20H25F2N5O. The molecule has 2 aromatic rings. The zero-order chi connectivity index (χ0) is 19.7. The van der Waals surface area contributed by atoms with Crippen LogP contribution in [-0.2, 0) is 0 Å². The van der Waals surface area contributed by atoms with E-state index >= 15 is 0 Å². The third-order valence-corrected chi connectivity index (χ3v) is 5.23. The first kappa shape index (κ1) is 18.9. The van der Waals surface area contributed by atoms with Gasteiger partial charge in [-0.1, -0.05) is 0 Å². The van der Waals surface area contributed by atoms with Crippen LogP contribution in [0.2, 0.25) is 0 Å². The number of rotatable bonds is 4. The predicted octanol–water partition coefficient (Wildman–Crippen LogP) is 2.99. The van der Waals surface area contributed by atoms with Crippen LogP contribution in [0, 0.1) is 6.92 Å². The molecule has 150 valence electrons. The van der Waals surface area contributed by atoms with Crippen LogP contribution >= 0.6 is 0 Å². The zero-order valence-corrected chi connectivity index (χ0v) is 15.9. The van der Waals surface area contributed by atoms with E-state index in [4.69, 9.17) is 0 Å². The van der Waals surface area contributed by atoms with Gasteiger partial charge in [0.1, 0.15) is 5.82 Å². The van der Waals surface area contributed by atoms with Crippen molar-refractivity contribution in [2.75, 3.05) is 41.3 Å². The highest BCUT2D eigenvalue weighted by Crippen LogP contribution is 2.26. The molecule has 8 heteroatoms. The summed E-state index contributed by atoms with van der Waals surface area (Å²) in [6.07, 6.45) is -1.40. The van der Waals surface area contributed by atoms with Crippen LogP contribution in [0.25, 0.3) is 0 Å². The second kappa shape index (κ2) is 7.87. The van der Waals surface area contributed by atoms with Crippen molar-refractivity contribution in [2.24, 2.45) is 0 Å². The van der Waals surface area contributed by atoms with Gasteiger partial charge in [0.15, 0.2) is 12.3 Å². The van der Waals surface area contributed by atoms with Gasteiger partial charge in [0.25, 0.3) is 0 Å². The predicted molar refractivity (Wildman–Crippen MR) is 106 cm³/mol. The molecule has 1 aromatic carbocycles. The zero-order valence-electron chi connectivity index (χ0n) is 15.9. The minimum Gasteiger partial charge on any atom is -0.391 e. The first-order valence-corrected chi connectivity index (χ1v) is 9.67. The van der Waals surface area contributed by atoms with Crippen molar-refractivity contribution in [2.45, 2.75) is 38.2 Å². The van der Waals surface area contributed by atoms with Crippen molar-refractivity contribution in [3.05, 3.63) is 36.0 Å². The Morgan fingerprint density at radius 3 is 2.43 bits per heavy atom. The number of piperidine rings is 1. The number of hydrogen-bond donors (Lipinski definition) is 2. The summed E-state index contributed by atoms with van der Waals surface area (Å²) in [6, 6.07) is 9.61. The van der Waals surface area contributed by atoms with Crippen LogP contribution in [0.15, 0.2) is 30.3 Å². The van der Waals surface area contributed by atoms with Crippen LogP contribution < -0.4 is 15.1 Å². The molecule has 0 saturated carbocycles. The van der Waals surface area contributed by atoms with E-state index in [0.29, 0.717) is 18.3 Å². The largest absolute Gasteiger partial charge is 0.391 e. The van der Waals surface area contributed by atoms with E-state index in [1.807, 2.05) is 31.2 Å². The summed E-state index contributed by atoms with van der Waals surface area (Å²) < 4.78 is 27.0. The summed E-state index contributed by atoms with van der Waals surface area (Å²) in [4.78, 5) is 12.6. The number of halogens is 2. The van der Waals surface area contributed by atoms with Gasteiger partial charge < -0.3 is 20.2 Å². The molecule has 0 amide bonds. The lowest BCUT2D eigenvalue weighted by molar-refractivity contribution is 0.154. The maximum atomic E-state index is 13.5. The lowest BCUT2D eigenvalue weighted by Gasteiger charge is -2.32. The van der Waals surface area contributed by atoms with Gasteiger partial charge >= 0.3 is 0 Å². The van der Waals surface area contributed by atoms with Gasteiger partial charge in [-0.3, -0.25) is 0 Å². The molecule has 2 N–H and O–H groups in total. The fourth-order valence-corrected chi connectivity index (χ4v) is 3.76. The molecule has 0 spiro atoms. The third-order valence-electron chi connectivity index (χ3n) is 5.23. The molecular weight excluding hydrogens is 364 g/mol. The number of aromatic nitrogens is 2. The Hall–Kier alpha value is -2.48. The minimum absolute atomic E-state index is 0.00738. The second-order valence-electron chi connectivity index (χ2n) is 7.54. The molecule has 4 rings (SSSR count). The van der Waals surface area contributed by atoms with E-state index in [-0.39, 0.29) is 19.2 Å². The van der Waals surface area contributed by atoms with Crippen molar-refractivity contribution in [3.8, 4) is 0 Å². The second-order valence-corrected chi connectivity index (χ2v) is 7.54. The van der Waals surface area contributed by atoms with Gasteiger partial charge in [0, 0.05) is 36.2 Å². The number of nitrogens with one attached hydrogen (secondary N) is 1. The SMILES string of the molecule is Cc1cc(N2C[C@H](F)[C@@H](F)C2)nc(Nc2ccc(N3CCCC(O)C3)cc2)n1. The fourth-order valence-electron chi connectivity index (χ4n) is 3.76. The first-order chi connectivity index (χ1) is 13.5. The number of nitrogens with zero attached hydrogens (tertiary/aromatic N) is 4. The van der Waals surface area contributed by atoms with Crippen LogP contribution in [-0.4, -0.2) is 59.7 Å². The number of benzene rings is 1. The summed E-state index contributed by atoms with van der Waals surface area (Å²) in [5.41, 5.74) is 2.62. The van der Waals surface area contributed by atoms with Crippen LogP contribution in [0.3, 0.4) is 0 Å². The monoisotopic (exact) mass is 389 g/mol. The van der Waals surface area contributed by atoms with Crippen molar-refractivity contribution in [1.29, 1.82) is 0 Å². The molecule has 28 heavy (non-hydrogen) atoms. The molecule has 2 fully saturated rings. The van der Waals surface area contributed by atoms with Gasteiger partial charge in [-0.15, -0.1) is 0 Å². The Balaban J connectivity index is 1.47. The quantitative estimate of drug-likeness (QED) is 0.838. The van der Waals surface area contributed by atoms with E-state index < -0.39 is 12.3 Å².